The third-order valence-corrected chi connectivity index (χ3v) is 2.36. The summed E-state index contributed by atoms with van der Waals surface area (Å²) >= 11 is 0. The van der Waals surface area contributed by atoms with E-state index in [9.17, 15) is 4.79 Å². The molecule has 1 saturated heterocycles. The molecule has 0 bridgehead atoms. The maximum Gasteiger partial charge on any atom is 0.257 e. The second-order valence-corrected chi connectivity index (χ2v) is 3.72. The first-order valence-electron chi connectivity index (χ1n) is 5.17. The van der Waals surface area contributed by atoms with Crippen LogP contribution in [-0.2, 0) is 21.3 Å². The largest absolute Gasteiger partial charge is 0.376 e. The van der Waals surface area contributed by atoms with Crippen molar-refractivity contribution >= 4 is 11.7 Å². The Morgan fingerprint density at radius 1 is 1.62 bits per heavy atom. The van der Waals surface area contributed by atoms with Gasteiger partial charge in [-0.05, 0) is 6.92 Å². The summed E-state index contributed by atoms with van der Waals surface area (Å²) in [6.45, 7) is 3.19. The van der Waals surface area contributed by atoms with Gasteiger partial charge in [-0.2, -0.15) is 5.10 Å². The molecule has 1 aliphatic heterocycles. The van der Waals surface area contributed by atoms with Crippen LogP contribution >= 0.6 is 0 Å². The molecule has 6 nitrogen and oxygen atoms in total. The van der Waals surface area contributed by atoms with Crippen LogP contribution in [-0.4, -0.2) is 41.6 Å². The van der Waals surface area contributed by atoms with E-state index in [0.717, 1.165) is 5.69 Å². The molecular formula is C10H15N3O3. The van der Waals surface area contributed by atoms with Gasteiger partial charge in [0.25, 0.3) is 5.91 Å². The van der Waals surface area contributed by atoms with Crippen molar-refractivity contribution in [3.05, 3.63) is 11.8 Å². The number of rotatable bonds is 2. The van der Waals surface area contributed by atoms with E-state index in [4.69, 9.17) is 9.47 Å². The minimum Gasteiger partial charge on any atom is -0.376 e. The van der Waals surface area contributed by atoms with E-state index in [1.807, 2.05) is 13.0 Å². The Morgan fingerprint density at radius 2 is 2.44 bits per heavy atom. The van der Waals surface area contributed by atoms with E-state index in [1.165, 1.54) is 0 Å². The van der Waals surface area contributed by atoms with E-state index in [1.54, 1.807) is 11.7 Å². The molecular weight excluding hydrogens is 210 g/mol. The number of anilines is 1. The van der Waals surface area contributed by atoms with E-state index in [2.05, 4.69) is 10.4 Å². The van der Waals surface area contributed by atoms with E-state index in [0.29, 0.717) is 25.6 Å². The topological polar surface area (TPSA) is 65.4 Å². The second kappa shape index (κ2) is 4.63. The van der Waals surface area contributed by atoms with Crippen LogP contribution < -0.4 is 5.32 Å². The lowest BCUT2D eigenvalue weighted by Gasteiger charge is -2.21. The van der Waals surface area contributed by atoms with Crippen LogP contribution in [0.4, 0.5) is 5.82 Å². The molecule has 2 rings (SSSR count). The zero-order valence-electron chi connectivity index (χ0n) is 9.40. The number of nitrogens with zero attached hydrogens (tertiary/aromatic N) is 2. The van der Waals surface area contributed by atoms with Crippen LogP contribution in [0.5, 0.6) is 0 Å². The van der Waals surface area contributed by atoms with Gasteiger partial charge in [-0.1, -0.05) is 0 Å². The van der Waals surface area contributed by atoms with E-state index >= 15 is 0 Å². The molecule has 1 amide bonds. The maximum absolute atomic E-state index is 11.8. The Labute approximate surface area is 93.5 Å². The number of aromatic nitrogens is 2. The summed E-state index contributed by atoms with van der Waals surface area (Å²) in [6, 6.07) is 1.81. The molecule has 0 spiro atoms. The lowest BCUT2D eigenvalue weighted by molar-refractivity contribution is -0.142. The van der Waals surface area contributed by atoms with Gasteiger partial charge in [0.15, 0.2) is 6.10 Å². The monoisotopic (exact) mass is 225 g/mol. The Hall–Kier alpha value is -1.40. The smallest absolute Gasteiger partial charge is 0.257 e. The Kier molecular flexibility index (Phi) is 3.21. The summed E-state index contributed by atoms with van der Waals surface area (Å²) in [5, 5.41) is 6.90. The Bertz CT molecular complexity index is 383. The zero-order valence-corrected chi connectivity index (χ0v) is 9.40. The number of carbonyl (C=O) groups excluding carboxylic acids is 1. The first-order valence-corrected chi connectivity index (χ1v) is 5.17. The molecule has 1 atom stereocenters. The summed E-state index contributed by atoms with van der Waals surface area (Å²) < 4.78 is 12.1. The summed E-state index contributed by atoms with van der Waals surface area (Å²) in [6.07, 6.45) is -0.524. The van der Waals surface area contributed by atoms with Gasteiger partial charge in [0, 0.05) is 13.1 Å². The highest BCUT2D eigenvalue weighted by molar-refractivity contribution is 5.93. The molecule has 6 heteroatoms. The van der Waals surface area contributed by atoms with Gasteiger partial charge < -0.3 is 14.8 Å². The summed E-state index contributed by atoms with van der Waals surface area (Å²) in [4.78, 5) is 11.8. The van der Waals surface area contributed by atoms with Gasteiger partial charge in [0.05, 0.1) is 25.5 Å². The molecule has 0 aromatic carbocycles. The molecule has 0 aliphatic carbocycles. The summed E-state index contributed by atoms with van der Waals surface area (Å²) in [7, 11) is 1.78. The fraction of sp³-hybridized carbons (Fsp3) is 0.600. The van der Waals surface area contributed by atoms with Gasteiger partial charge in [-0.25, -0.2) is 0 Å². The van der Waals surface area contributed by atoms with Crippen LogP contribution in [0.2, 0.25) is 0 Å². The minimum absolute atomic E-state index is 0.192. The highest BCUT2D eigenvalue weighted by Gasteiger charge is 2.23. The summed E-state index contributed by atoms with van der Waals surface area (Å²) in [5.41, 5.74) is 0.860. The molecule has 0 radical (unpaired) electrons. The number of hydrogen-bond donors (Lipinski definition) is 1. The van der Waals surface area contributed by atoms with Crippen molar-refractivity contribution in [3.8, 4) is 0 Å². The van der Waals surface area contributed by atoms with Crippen molar-refractivity contribution < 1.29 is 14.3 Å². The lowest BCUT2D eigenvalue weighted by Crippen LogP contribution is -2.39. The average molecular weight is 225 g/mol. The predicted molar refractivity (Wildman–Crippen MR) is 57.1 cm³/mol. The fourth-order valence-corrected chi connectivity index (χ4v) is 1.57. The van der Waals surface area contributed by atoms with Crippen LogP contribution in [0, 0.1) is 6.92 Å². The molecule has 1 aliphatic rings. The van der Waals surface area contributed by atoms with Gasteiger partial charge in [-0.15, -0.1) is 0 Å². The van der Waals surface area contributed by atoms with Crippen molar-refractivity contribution in [2.75, 3.05) is 25.1 Å². The molecule has 0 saturated carbocycles. The van der Waals surface area contributed by atoms with Crippen molar-refractivity contribution in [3.63, 3.8) is 0 Å². The number of carbonyl (C=O) groups is 1. The summed E-state index contributed by atoms with van der Waals surface area (Å²) in [5.74, 6) is 0.472. The quantitative estimate of drug-likeness (QED) is 0.774. The van der Waals surface area contributed by atoms with Crippen LogP contribution in [0.3, 0.4) is 0 Å². The first-order chi connectivity index (χ1) is 7.66. The normalized spacial score (nSPS) is 20.8. The van der Waals surface area contributed by atoms with Gasteiger partial charge in [0.2, 0.25) is 0 Å². The van der Waals surface area contributed by atoms with E-state index in [-0.39, 0.29) is 5.91 Å². The molecule has 1 aromatic rings. The standard InChI is InChI=1S/C10H15N3O3/c1-7-5-9(13(2)12-7)11-10(14)8-6-15-3-4-16-8/h5,8H,3-4,6H2,1-2H3,(H,11,14). The van der Waals surface area contributed by atoms with E-state index < -0.39 is 6.10 Å². The highest BCUT2D eigenvalue weighted by Crippen LogP contribution is 2.10. The second-order valence-electron chi connectivity index (χ2n) is 3.72. The van der Waals surface area contributed by atoms with Crippen molar-refractivity contribution in [1.82, 2.24) is 9.78 Å². The van der Waals surface area contributed by atoms with Crippen LogP contribution in [0.15, 0.2) is 6.07 Å². The average Bonchev–Trinajstić information content (AvgIpc) is 2.59. The molecule has 2 heterocycles. The van der Waals surface area contributed by atoms with Crippen molar-refractivity contribution in [2.24, 2.45) is 7.05 Å². The van der Waals surface area contributed by atoms with Gasteiger partial charge in [0.1, 0.15) is 5.82 Å². The molecule has 1 aromatic heterocycles. The van der Waals surface area contributed by atoms with Gasteiger partial charge in [-0.3, -0.25) is 9.48 Å². The van der Waals surface area contributed by atoms with Crippen LogP contribution in [0.1, 0.15) is 5.69 Å². The first kappa shape index (κ1) is 11.1. The number of amides is 1. The number of hydrogen-bond acceptors (Lipinski definition) is 4. The van der Waals surface area contributed by atoms with Crippen molar-refractivity contribution in [1.29, 1.82) is 0 Å². The molecule has 16 heavy (non-hydrogen) atoms. The fourth-order valence-electron chi connectivity index (χ4n) is 1.57. The maximum atomic E-state index is 11.8. The third-order valence-electron chi connectivity index (χ3n) is 2.36. The Morgan fingerprint density at radius 3 is 3.00 bits per heavy atom. The predicted octanol–water partition coefficient (Wildman–Crippen LogP) is 0.0824. The zero-order chi connectivity index (χ0) is 11.5. The Balaban J connectivity index is 1.98. The number of aryl methyl sites for hydroxylation is 2. The molecule has 1 fully saturated rings. The van der Waals surface area contributed by atoms with Crippen LogP contribution in [0.25, 0.3) is 0 Å². The van der Waals surface area contributed by atoms with Crippen molar-refractivity contribution in [2.45, 2.75) is 13.0 Å². The molecule has 1 N–H and O–H groups in total. The lowest BCUT2D eigenvalue weighted by atomic mass is 10.3. The minimum atomic E-state index is -0.524. The molecule has 1 unspecified atom stereocenters. The SMILES string of the molecule is Cc1cc(NC(=O)C2COCCO2)n(C)n1. The molecule has 88 valence electrons. The highest BCUT2D eigenvalue weighted by atomic mass is 16.6. The number of ether oxygens (including phenoxy) is 2. The third kappa shape index (κ3) is 2.40. The van der Waals surface area contributed by atoms with Gasteiger partial charge >= 0.3 is 0 Å². The number of nitrogens with one attached hydrogen (secondary N) is 1.